The zero-order valence-corrected chi connectivity index (χ0v) is 11.6. The molecule has 0 amide bonds. The predicted molar refractivity (Wildman–Crippen MR) is 79.5 cm³/mol. The molecule has 4 nitrogen and oxygen atoms in total. The standard InChI is InChI=1S/C15H10FN3OS/c16-12-6-2-1-5-11(12)14(20)13-9-18-15(21-13)19-10-4-3-7-17-8-10/h1-9H,(H,18,19). The third-order valence-corrected chi connectivity index (χ3v) is 3.67. The summed E-state index contributed by atoms with van der Waals surface area (Å²) in [5.41, 5.74) is 0.825. The molecule has 1 aromatic carbocycles. The molecule has 0 spiro atoms. The van der Waals surface area contributed by atoms with Crippen LogP contribution in [0.25, 0.3) is 0 Å². The Morgan fingerprint density at radius 3 is 2.76 bits per heavy atom. The molecule has 0 aliphatic carbocycles. The zero-order valence-electron chi connectivity index (χ0n) is 10.8. The minimum absolute atomic E-state index is 0.0501. The number of anilines is 2. The van der Waals surface area contributed by atoms with Crippen LogP contribution in [0.4, 0.5) is 15.2 Å². The number of pyridine rings is 1. The van der Waals surface area contributed by atoms with Gasteiger partial charge in [-0.25, -0.2) is 9.37 Å². The number of nitrogens with one attached hydrogen (secondary N) is 1. The van der Waals surface area contributed by atoms with Gasteiger partial charge in [0.1, 0.15) is 5.82 Å². The van der Waals surface area contributed by atoms with Crippen molar-refractivity contribution in [2.24, 2.45) is 0 Å². The second-order valence-electron chi connectivity index (χ2n) is 4.21. The summed E-state index contributed by atoms with van der Waals surface area (Å²) < 4.78 is 13.6. The highest BCUT2D eigenvalue weighted by molar-refractivity contribution is 7.17. The van der Waals surface area contributed by atoms with Gasteiger partial charge in [0, 0.05) is 6.20 Å². The molecule has 0 aliphatic rings. The van der Waals surface area contributed by atoms with Gasteiger partial charge < -0.3 is 5.32 Å². The second-order valence-corrected chi connectivity index (χ2v) is 5.24. The molecule has 3 aromatic rings. The van der Waals surface area contributed by atoms with E-state index in [1.165, 1.54) is 29.7 Å². The van der Waals surface area contributed by atoms with Crippen molar-refractivity contribution in [1.29, 1.82) is 0 Å². The first-order valence-electron chi connectivity index (χ1n) is 6.16. The van der Waals surface area contributed by atoms with Gasteiger partial charge in [0.2, 0.25) is 5.78 Å². The van der Waals surface area contributed by atoms with Gasteiger partial charge in [-0.1, -0.05) is 23.5 Å². The van der Waals surface area contributed by atoms with Crippen LogP contribution in [-0.2, 0) is 0 Å². The molecule has 0 fully saturated rings. The van der Waals surface area contributed by atoms with Gasteiger partial charge >= 0.3 is 0 Å². The lowest BCUT2D eigenvalue weighted by molar-refractivity contribution is 0.103. The van der Waals surface area contributed by atoms with E-state index in [4.69, 9.17) is 0 Å². The molecule has 0 aliphatic heterocycles. The third kappa shape index (κ3) is 2.95. The molecule has 0 unspecified atom stereocenters. The van der Waals surface area contributed by atoms with Gasteiger partial charge in [-0.2, -0.15) is 0 Å². The Bertz CT molecular complexity index is 773. The number of ketones is 1. The van der Waals surface area contributed by atoms with Crippen LogP contribution in [0.5, 0.6) is 0 Å². The van der Waals surface area contributed by atoms with E-state index in [0.717, 1.165) is 5.69 Å². The summed E-state index contributed by atoms with van der Waals surface area (Å²) in [4.78, 5) is 20.7. The van der Waals surface area contributed by atoms with Crippen molar-refractivity contribution in [3.8, 4) is 0 Å². The van der Waals surface area contributed by atoms with Crippen molar-refractivity contribution < 1.29 is 9.18 Å². The van der Waals surface area contributed by atoms with Gasteiger partial charge in [0.25, 0.3) is 0 Å². The van der Waals surface area contributed by atoms with Gasteiger partial charge in [-0.3, -0.25) is 9.78 Å². The molecule has 21 heavy (non-hydrogen) atoms. The van der Waals surface area contributed by atoms with Crippen LogP contribution in [-0.4, -0.2) is 15.8 Å². The monoisotopic (exact) mass is 299 g/mol. The van der Waals surface area contributed by atoms with Crippen molar-refractivity contribution in [2.45, 2.75) is 0 Å². The summed E-state index contributed by atoms with van der Waals surface area (Å²) in [6.45, 7) is 0. The molecule has 6 heteroatoms. The third-order valence-electron chi connectivity index (χ3n) is 2.76. The first-order chi connectivity index (χ1) is 10.2. The van der Waals surface area contributed by atoms with E-state index in [2.05, 4.69) is 15.3 Å². The Hall–Kier alpha value is -2.60. The summed E-state index contributed by atoms with van der Waals surface area (Å²) in [5, 5.41) is 3.60. The van der Waals surface area contributed by atoms with E-state index >= 15 is 0 Å². The molecule has 2 aromatic heterocycles. The van der Waals surface area contributed by atoms with Crippen LogP contribution in [0, 0.1) is 5.82 Å². The lowest BCUT2D eigenvalue weighted by atomic mass is 10.1. The van der Waals surface area contributed by atoms with E-state index in [0.29, 0.717) is 10.0 Å². The molecule has 2 heterocycles. The topological polar surface area (TPSA) is 54.9 Å². The minimum atomic E-state index is -0.530. The van der Waals surface area contributed by atoms with Gasteiger partial charge in [-0.05, 0) is 24.3 Å². The first kappa shape index (κ1) is 13.4. The number of aromatic nitrogens is 2. The molecule has 0 saturated carbocycles. The number of hydrogen-bond acceptors (Lipinski definition) is 5. The van der Waals surface area contributed by atoms with Gasteiger partial charge in [-0.15, -0.1) is 0 Å². The summed E-state index contributed by atoms with van der Waals surface area (Å²) in [6, 6.07) is 9.54. The fourth-order valence-electron chi connectivity index (χ4n) is 1.78. The number of carbonyl (C=O) groups excluding carboxylic acids is 1. The number of thiazole rings is 1. The zero-order chi connectivity index (χ0) is 14.7. The number of rotatable bonds is 4. The van der Waals surface area contributed by atoms with Crippen LogP contribution in [0.1, 0.15) is 15.2 Å². The second kappa shape index (κ2) is 5.80. The van der Waals surface area contributed by atoms with Crippen LogP contribution >= 0.6 is 11.3 Å². The molecule has 104 valence electrons. The van der Waals surface area contributed by atoms with Crippen LogP contribution in [0.2, 0.25) is 0 Å². The van der Waals surface area contributed by atoms with E-state index < -0.39 is 5.82 Å². The Balaban J connectivity index is 1.82. The van der Waals surface area contributed by atoms with Crippen molar-refractivity contribution in [2.75, 3.05) is 5.32 Å². The van der Waals surface area contributed by atoms with Gasteiger partial charge in [0.05, 0.1) is 28.5 Å². The smallest absolute Gasteiger partial charge is 0.207 e. The molecule has 1 N–H and O–H groups in total. The number of nitrogens with zero attached hydrogens (tertiary/aromatic N) is 2. The highest BCUT2D eigenvalue weighted by Crippen LogP contribution is 2.24. The SMILES string of the molecule is O=C(c1cnc(Nc2cccnc2)s1)c1ccccc1F. The molecular formula is C15H10FN3OS. The van der Waals surface area contributed by atoms with Gasteiger partial charge in [0.15, 0.2) is 5.13 Å². The summed E-state index contributed by atoms with van der Waals surface area (Å²) >= 11 is 1.17. The summed E-state index contributed by atoms with van der Waals surface area (Å²) in [5.74, 6) is -0.900. The average molecular weight is 299 g/mol. The van der Waals surface area contributed by atoms with Crippen molar-refractivity contribution in [3.05, 3.63) is 71.2 Å². The van der Waals surface area contributed by atoms with Crippen LogP contribution in [0.15, 0.2) is 55.0 Å². The maximum Gasteiger partial charge on any atom is 0.207 e. The maximum absolute atomic E-state index is 13.6. The molecule has 3 rings (SSSR count). The summed E-state index contributed by atoms with van der Waals surface area (Å²) in [7, 11) is 0. The molecule has 0 radical (unpaired) electrons. The lowest BCUT2D eigenvalue weighted by Gasteiger charge is -2.00. The van der Waals surface area contributed by atoms with E-state index in [1.54, 1.807) is 30.6 Å². The van der Waals surface area contributed by atoms with Crippen LogP contribution < -0.4 is 5.32 Å². The van der Waals surface area contributed by atoms with E-state index in [1.807, 2.05) is 6.07 Å². The quantitative estimate of drug-likeness (QED) is 0.747. The molecular weight excluding hydrogens is 289 g/mol. The Morgan fingerprint density at radius 1 is 1.14 bits per heavy atom. The lowest BCUT2D eigenvalue weighted by Crippen LogP contribution is -2.01. The first-order valence-corrected chi connectivity index (χ1v) is 6.98. The normalized spacial score (nSPS) is 10.3. The predicted octanol–water partition coefficient (Wildman–Crippen LogP) is 3.65. The Kier molecular flexibility index (Phi) is 3.70. The highest BCUT2D eigenvalue weighted by atomic mass is 32.1. The maximum atomic E-state index is 13.6. The van der Waals surface area contributed by atoms with Crippen LogP contribution in [0.3, 0.4) is 0 Å². The van der Waals surface area contributed by atoms with Crippen molar-refractivity contribution in [3.63, 3.8) is 0 Å². The summed E-state index contributed by atoms with van der Waals surface area (Å²) in [6.07, 6.45) is 4.76. The highest BCUT2D eigenvalue weighted by Gasteiger charge is 2.16. The Labute approximate surface area is 124 Å². The fraction of sp³-hybridized carbons (Fsp3) is 0. The molecule has 0 bridgehead atoms. The number of benzene rings is 1. The van der Waals surface area contributed by atoms with E-state index in [9.17, 15) is 9.18 Å². The number of halogens is 1. The van der Waals surface area contributed by atoms with E-state index in [-0.39, 0.29) is 11.3 Å². The Morgan fingerprint density at radius 2 is 2.00 bits per heavy atom. The molecule has 0 atom stereocenters. The minimum Gasteiger partial charge on any atom is -0.330 e. The largest absolute Gasteiger partial charge is 0.330 e. The number of carbonyl (C=O) groups is 1. The fourth-order valence-corrected chi connectivity index (χ4v) is 2.57. The van der Waals surface area contributed by atoms with Crippen molar-refractivity contribution in [1.82, 2.24) is 9.97 Å². The van der Waals surface area contributed by atoms with Crippen molar-refractivity contribution >= 4 is 27.9 Å². The average Bonchev–Trinajstić information content (AvgIpc) is 2.97. The number of hydrogen-bond donors (Lipinski definition) is 1. The molecule has 0 saturated heterocycles.